The third kappa shape index (κ3) is 2.36. The molecule has 2 aromatic rings. The highest BCUT2D eigenvalue weighted by atomic mass is 32.2. The van der Waals surface area contributed by atoms with Crippen molar-refractivity contribution in [1.82, 2.24) is 9.97 Å². The number of aryl methyl sites for hydroxylation is 1. The zero-order valence-electron chi connectivity index (χ0n) is 7.97. The van der Waals surface area contributed by atoms with Crippen molar-refractivity contribution in [2.45, 2.75) is 17.2 Å². The van der Waals surface area contributed by atoms with Crippen molar-refractivity contribution in [3.05, 3.63) is 35.9 Å². The van der Waals surface area contributed by atoms with Crippen LogP contribution in [0.5, 0.6) is 0 Å². The summed E-state index contributed by atoms with van der Waals surface area (Å²) in [6.45, 7) is 1.86. The molecule has 74 valence electrons. The fraction of sp³-hybridized carbons (Fsp3) is 0.100. The second-order valence-corrected chi connectivity index (χ2v) is 3.83. The standard InChI is InChI=1S/C10H7N3OS/c1-7-6-14-10(13-7)15-9-3-2-8(4-11)5-12-9/h2-3,5-6H,1H3. The molecule has 0 N–H and O–H groups in total. The molecule has 0 saturated carbocycles. The molecule has 15 heavy (non-hydrogen) atoms. The summed E-state index contributed by atoms with van der Waals surface area (Å²) in [4.78, 5) is 8.23. The third-order valence-electron chi connectivity index (χ3n) is 1.66. The van der Waals surface area contributed by atoms with Crippen molar-refractivity contribution in [2.75, 3.05) is 0 Å². The predicted octanol–water partition coefficient (Wildman–Crippen LogP) is 2.40. The highest BCUT2D eigenvalue weighted by Gasteiger charge is 2.04. The van der Waals surface area contributed by atoms with E-state index in [9.17, 15) is 0 Å². The summed E-state index contributed by atoms with van der Waals surface area (Å²) < 4.78 is 5.17. The van der Waals surface area contributed by atoms with Crippen LogP contribution in [-0.2, 0) is 0 Å². The van der Waals surface area contributed by atoms with Crippen molar-refractivity contribution in [3.8, 4) is 6.07 Å². The molecule has 5 heteroatoms. The monoisotopic (exact) mass is 217 g/mol. The molecule has 4 nitrogen and oxygen atoms in total. The summed E-state index contributed by atoms with van der Waals surface area (Å²) in [6, 6.07) is 5.49. The molecule has 2 aromatic heterocycles. The zero-order valence-corrected chi connectivity index (χ0v) is 8.78. The summed E-state index contributed by atoms with van der Waals surface area (Å²) in [5, 5.41) is 9.91. The molecule has 0 aliphatic heterocycles. The van der Waals surface area contributed by atoms with Gasteiger partial charge in [0, 0.05) is 6.20 Å². The minimum atomic E-state index is 0.544. The van der Waals surface area contributed by atoms with E-state index >= 15 is 0 Å². The Balaban J connectivity index is 2.15. The maximum Gasteiger partial charge on any atom is 0.262 e. The van der Waals surface area contributed by atoms with Gasteiger partial charge in [-0.2, -0.15) is 5.26 Å². The Kier molecular flexibility index (Phi) is 2.70. The highest BCUT2D eigenvalue weighted by Crippen LogP contribution is 2.24. The van der Waals surface area contributed by atoms with Crippen LogP contribution >= 0.6 is 11.8 Å². The SMILES string of the molecule is Cc1coc(Sc2ccc(C#N)cn2)n1. The van der Waals surface area contributed by atoms with Gasteiger partial charge >= 0.3 is 0 Å². The van der Waals surface area contributed by atoms with Gasteiger partial charge in [0.05, 0.1) is 11.3 Å². The van der Waals surface area contributed by atoms with E-state index < -0.39 is 0 Å². The van der Waals surface area contributed by atoms with Gasteiger partial charge in [-0.15, -0.1) is 0 Å². The lowest BCUT2D eigenvalue weighted by Gasteiger charge is -1.94. The van der Waals surface area contributed by atoms with E-state index in [0.717, 1.165) is 10.7 Å². The quantitative estimate of drug-likeness (QED) is 0.772. The van der Waals surface area contributed by atoms with Gasteiger partial charge in [0.1, 0.15) is 17.4 Å². The fourth-order valence-electron chi connectivity index (χ4n) is 0.976. The van der Waals surface area contributed by atoms with Crippen LogP contribution in [0.4, 0.5) is 0 Å². The molecule has 0 radical (unpaired) electrons. The van der Waals surface area contributed by atoms with E-state index in [1.165, 1.54) is 18.0 Å². The van der Waals surface area contributed by atoms with E-state index in [-0.39, 0.29) is 0 Å². The van der Waals surface area contributed by atoms with Crippen LogP contribution in [0.25, 0.3) is 0 Å². The van der Waals surface area contributed by atoms with Gasteiger partial charge in [0.15, 0.2) is 0 Å². The van der Waals surface area contributed by atoms with E-state index in [0.29, 0.717) is 10.8 Å². The molecule has 0 saturated heterocycles. The summed E-state index contributed by atoms with van der Waals surface area (Å²) in [6.07, 6.45) is 3.12. The molecule has 0 spiro atoms. The van der Waals surface area contributed by atoms with Gasteiger partial charge in [-0.1, -0.05) is 0 Å². The highest BCUT2D eigenvalue weighted by molar-refractivity contribution is 7.99. The molecule has 0 aliphatic carbocycles. The maximum atomic E-state index is 8.59. The molecule has 0 aromatic carbocycles. The molecule has 0 fully saturated rings. The lowest BCUT2D eigenvalue weighted by Crippen LogP contribution is -1.81. The fourth-order valence-corrected chi connectivity index (χ4v) is 1.68. The molecule has 0 unspecified atom stereocenters. The van der Waals surface area contributed by atoms with Crippen LogP contribution in [0, 0.1) is 18.3 Å². The summed E-state index contributed by atoms with van der Waals surface area (Å²) in [7, 11) is 0. The molecular formula is C10H7N3OS. The van der Waals surface area contributed by atoms with Gasteiger partial charge in [0.2, 0.25) is 0 Å². The van der Waals surface area contributed by atoms with Crippen LogP contribution in [0.2, 0.25) is 0 Å². The van der Waals surface area contributed by atoms with Gasteiger partial charge < -0.3 is 4.42 Å². The third-order valence-corrected chi connectivity index (χ3v) is 2.47. The van der Waals surface area contributed by atoms with E-state index in [1.54, 1.807) is 18.4 Å². The van der Waals surface area contributed by atoms with Gasteiger partial charge in [-0.3, -0.25) is 0 Å². The molecule has 0 aliphatic rings. The normalized spacial score (nSPS) is 9.87. The Hall–Kier alpha value is -1.80. The number of hydrogen-bond donors (Lipinski definition) is 0. The Morgan fingerprint density at radius 3 is 2.87 bits per heavy atom. The molecular weight excluding hydrogens is 210 g/mol. The number of nitriles is 1. The van der Waals surface area contributed by atoms with Crippen LogP contribution < -0.4 is 0 Å². The Morgan fingerprint density at radius 1 is 1.47 bits per heavy atom. The maximum absolute atomic E-state index is 8.59. The van der Waals surface area contributed by atoms with Gasteiger partial charge in [-0.25, -0.2) is 9.97 Å². The Bertz CT molecular complexity index is 498. The number of rotatable bonds is 2. The van der Waals surface area contributed by atoms with Crippen LogP contribution in [-0.4, -0.2) is 9.97 Å². The van der Waals surface area contributed by atoms with Gasteiger partial charge in [0.25, 0.3) is 5.22 Å². The van der Waals surface area contributed by atoms with Crippen LogP contribution in [0.1, 0.15) is 11.3 Å². The second-order valence-electron chi connectivity index (χ2n) is 2.85. The summed E-state index contributed by atoms with van der Waals surface area (Å²) >= 11 is 1.33. The molecule has 0 atom stereocenters. The minimum absolute atomic E-state index is 0.544. The van der Waals surface area contributed by atoms with Crippen molar-refractivity contribution >= 4 is 11.8 Å². The molecule has 0 bridgehead atoms. The molecule has 0 amide bonds. The van der Waals surface area contributed by atoms with Crippen molar-refractivity contribution in [3.63, 3.8) is 0 Å². The Morgan fingerprint density at radius 2 is 2.33 bits per heavy atom. The first kappa shape index (κ1) is 9.74. The zero-order chi connectivity index (χ0) is 10.7. The van der Waals surface area contributed by atoms with Gasteiger partial charge in [-0.05, 0) is 30.8 Å². The van der Waals surface area contributed by atoms with Crippen LogP contribution in [0.15, 0.2) is 39.3 Å². The predicted molar refractivity (Wildman–Crippen MR) is 54.3 cm³/mol. The van der Waals surface area contributed by atoms with Crippen LogP contribution in [0.3, 0.4) is 0 Å². The van der Waals surface area contributed by atoms with E-state index in [1.807, 2.05) is 13.0 Å². The molecule has 2 rings (SSSR count). The van der Waals surface area contributed by atoms with Crippen molar-refractivity contribution in [2.24, 2.45) is 0 Å². The van der Waals surface area contributed by atoms with Crippen molar-refractivity contribution in [1.29, 1.82) is 5.26 Å². The van der Waals surface area contributed by atoms with E-state index in [2.05, 4.69) is 9.97 Å². The lowest BCUT2D eigenvalue weighted by atomic mass is 10.3. The minimum Gasteiger partial charge on any atom is -0.439 e. The number of nitrogens with zero attached hydrogens (tertiary/aromatic N) is 3. The smallest absolute Gasteiger partial charge is 0.262 e. The number of hydrogen-bond acceptors (Lipinski definition) is 5. The average Bonchev–Trinajstić information content (AvgIpc) is 2.65. The number of pyridine rings is 1. The first-order valence-corrected chi connectivity index (χ1v) is 5.06. The lowest BCUT2D eigenvalue weighted by molar-refractivity contribution is 0.454. The summed E-state index contributed by atoms with van der Waals surface area (Å²) in [5.41, 5.74) is 1.38. The Labute approximate surface area is 91.0 Å². The molecule has 2 heterocycles. The number of oxazole rings is 1. The van der Waals surface area contributed by atoms with Crippen molar-refractivity contribution < 1.29 is 4.42 Å². The topological polar surface area (TPSA) is 62.7 Å². The largest absolute Gasteiger partial charge is 0.439 e. The first-order valence-electron chi connectivity index (χ1n) is 4.24. The summed E-state index contributed by atoms with van der Waals surface area (Å²) in [5.74, 6) is 0. The number of aromatic nitrogens is 2. The van der Waals surface area contributed by atoms with E-state index in [4.69, 9.17) is 9.68 Å². The first-order chi connectivity index (χ1) is 7.28. The second kappa shape index (κ2) is 4.15. The average molecular weight is 217 g/mol.